The summed E-state index contributed by atoms with van der Waals surface area (Å²) in [5, 5.41) is 5.55. The second kappa shape index (κ2) is 4.57. The van der Waals surface area contributed by atoms with Crippen LogP contribution in [-0.4, -0.2) is 17.9 Å². The van der Waals surface area contributed by atoms with Gasteiger partial charge in [-0.3, -0.25) is 9.59 Å². The van der Waals surface area contributed by atoms with Crippen molar-refractivity contribution in [3.63, 3.8) is 0 Å². The van der Waals surface area contributed by atoms with E-state index in [-0.39, 0.29) is 18.4 Å². The number of halogens is 1. The molecule has 1 aliphatic rings. The van der Waals surface area contributed by atoms with Crippen LogP contribution in [0.4, 0.5) is 0 Å². The average molecular weight is 243 g/mol. The van der Waals surface area contributed by atoms with Gasteiger partial charge in [0, 0.05) is 6.42 Å². The monoisotopic (exact) mass is 242 g/mol. The molecular formula is C10H11ClN2O3. The number of amides is 2. The first-order valence-corrected chi connectivity index (χ1v) is 5.34. The van der Waals surface area contributed by atoms with Crippen LogP contribution >= 0.6 is 11.6 Å². The van der Waals surface area contributed by atoms with Gasteiger partial charge in [-0.15, -0.1) is 0 Å². The van der Waals surface area contributed by atoms with E-state index in [1.165, 1.54) is 0 Å². The first-order valence-electron chi connectivity index (χ1n) is 4.96. The maximum absolute atomic E-state index is 11.6. The summed E-state index contributed by atoms with van der Waals surface area (Å²) in [5.74, 6) is 0.308. The average Bonchev–Trinajstić information content (AvgIpc) is 2.84. The van der Waals surface area contributed by atoms with Gasteiger partial charge in [0.15, 0.2) is 5.22 Å². The number of furan rings is 1. The van der Waals surface area contributed by atoms with Crippen molar-refractivity contribution in [2.75, 3.05) is 0 Å². The lowest BCUT2D eigenvalue weighted by molar-refractivity contribution is -0.125. The molecule has 0 spiro atoms. The molecule has 2 rings (SSSR count). The first kappa shape index (κ1) is 11.0. The Bertz CT molecular complexity index is 416. The fourth-order valence-electron chi connectivity index (χ4n) is 1.55. The molecule has 1 aromatic heterocycles. The standard InChI is InChI=1S/C10H11ClN2O3/c11-8-3-1-6(16-8)5-12-10(15)7-2-4-9(14)13-7/h1,3,7H,2,4-5H2,(H,12,15)(H,13,14). The van der Waals surface area contributed by atoms with E-state index in [0.717, 1.165) is 0 Å². The Morgan fingerprint density at radius 2 is 2.44 bits per heavy atom. The molecule has 0 bridgehead atoms. The van der Waals surface area contributed by atoms with Crippen LogP contribution in [0.2, 0.25) is 5.22 Å². The molecule has 1 aromatic rings. The van der Waals surface area contributed by atoms with Crippen molar-refractivity contribution in [2.45, 2.75) is 25.4 Å². The molecule has 16 heavy (non-hydrogen) atoms. The van der Waals surface area contributed by atoms with Crippen molar-refractivity contribution in [3.8, 4) is 0 Å². The van der Waals surface area contributed by atoms with Crippen molar-refractivity contribution in [1.82, 2.24) is 10.6 Å². The quantitative estimate of drug-likeness (QED) is 0.825. The number of carbonyl (C=O) groups is 2. The van der Waals surface area contributed by atoms with Crippen LogP contribution in [0.25, 0.3) is 0 Å². The highest BCUT2D eigenvalue weighted by atomic mass is 35.5. The van der Waals surface area contributed by atoms with Crippen molar-refractivity contribution in [3.05, 3.63) is 23.1 Å². The smallest absolute Gasteiger partial charge is 0.242 e. The number of carbonyl (C=O) groups excluding carboxylic acids is 2. The Labute approximate surface area is 97.1 Å². The van der Waals surface area contributed by atoms with Gasteiger partial charge in [-0.2, -0.15) is 0 Å². The van der Waals surface area contributed by atoms with Gasteiger partial charge in [0.05, 0.1) is 6.54 Å². The lowest BCUT2D eigenvalue weighted by atomic mass is 10.2. The SMILES string of the molecule is O=C1CCC(C(=O)NCc2ccc(Cl)o2)N1. The van der Waals surface area contributed by atoms with Crippen molar-refractivity contribution < 1.29 is 14.0 Å². The van der Waals surface area contributed by atoms with Crippen LogP contribution in [0, 0.1) is 0 Å². The number of rotatable bonds is 3. The summed E-state index contributed by atoms with van der Waals surface area (Å²) >= 11 is 5.59. The number of hydrogen-bond donors (Lipinski definition) is 2. The Morgan fingerprint density at radius 3 is 3.00 bits per heavy atom. The van der Waals surface area contributed by atoms with Crippen LogP contribution in [0.15, 0.2) is 16.5 Å². The van der Waals surface area contributed by atoms with Crippen molar-refractivity contribution in [2.24, 2.45) is 0 Å². The van der Waals surface area contributed by atoms with E-state index < -0.39 is 6.04 Å². The number of nitrogens with one attached hydrogen (secondary N) is 2. The predicted molar refractivity (Wildman–Crippen MR) is 56.7 cm³/mol. The van der Waals surface area contributed by atoms with Crippen LogP contribution < -0.4 is 10.6 Å². The van der Waals surface area contributed by atoms with Gasteiger partial charge in [-0.05, 0) is 30.2 Å². The van der Waals surface area contributed by atoms with Crippen LogP contribution in [0.5, 0.6) is 0 Å². The lowest BCUT2D eigenvalue weighted by Crippen LogP contribution is -2.41. The van der Waals surface area contributed by atoms with Crippen LogP contribution in [0.3, 0.4) is 0 Å². The van der Waals surface area contributed by atoms with E-state index in [2.05, 4.69) is 10.6 Å². The summed E-state index contributed by atoms with van der Waals surface area (Å²) in [7, 11) is 0. The molecule has 5 nitrogen and oxygen atoms in total. The maximum atomic E-state index is 11.6. The van der Waals surface area contributed by atoms with Crippen molar-refractivity contribution in [1.29, 1.82) is 0 Å². The first-order chi connectivity index (χ1) is 7.65. The molecule has 1 fully saturated rings. The van der Waals surface area contributed by atoms with Gasteiger partial charge in [0.25, 0.3) is 0 Å². The normalized spacial score (nSPS) is 19.6. The molecule has 0 aromatic carbocycles. The van der Waals surface area contributed by atoms with Gasteiger partial charge < -0.3 is 15.1 Å². The second-order valence-corrected chi connectivity index (χ2v) is 3.95. The third-order valence-electron chi connectivity index (χ3n) is 2.38. The Balaban J connectivity index is 1.82. The Kier molecular flexibility index (Phi) is 3.14. The zero-order chi connectivity index (χ0) is 11.5. The third kappa shape index (κ3) is 2.55. The lowest BCUT2D eigenvalue weighted by Gasteiger charge is -2.09. The molecule has 0 radical (unpaired) electrons. The fourth-order valence-corrected chi connectivity index (χ4v) is 1.72. The molecule has 1 saturated heterocycles. The van der Waals surface area contributed by atoms with E-state index in [9.17, 15) is 9.59 Å². The Morgan fingerprint density at radius 1 is 1.62 bits per heavy atom. The molecule has 2 amide bonds. The van der Waals surface area contributed by atoms with E-state index in [4.69, 9.17) is 16.0 Å². The molecule has 1 atom stereocenters. The maximum Gasteiger partial charge on any atom is 0.242 e. The fraction of sp³-hybridized carbons (Fsp3) is 0.400. The summed E-state index contributed by atoms with van der Waals surface area (Å²) in [5.41, 5.74) is 0. The summed E-state index contributed by atoms with van der Waals surface area (Å²) < 4.78 is 5.08. The van der Waals surface area contributed by atoms with Gasteiger partial charge in [-0.1, -0.05) is 0 Å². The minimum absolute atomic E-state index is 0.0822. The summed E-state index contributed by atoms with van der Waals surface area (Å²) in [4.78, 5) is 22.5. The van der Waals surface area contributed by atoms with Gasteiger partial charge in [0.2, 0.25) is 11.8 Å². The third-order valence-corrected chi connectivity index (χ3v) is 2.58. The molecule has 2 heterocycles. The zero-order valence-electron chi connectivity index (χ0n) is 8.46. The summed E-state index contributed by atoms with van der Waals surface area (Å²) in [6, 6.07) is 2.88. The highest BCUT2D eigenvalue weighted by molar-refractivity contribution is 6.28. The van der Waals surface area contributed by atoms with E-state index in [0.29, 0.717) is 23.8 Å². The zero-order valence-corrected chi connectivity index (χ0v) is 9.21. The molecule has 1 aliphatic heterocycles. The van der Waals surface area contributed by atoms with Gasteiger partial charge in [0.1, 0.15) is 11.8 Å². The molecule has 1 unspecified atom stereocenters. The van der Waals surface area contributed by atoms with Crippen molar-refractivity contribution >= 4 is 23.4 Å². The molecule has 0 aliphatic carbocycles. The van der Waals surface area contributed by atoms with Gasteiger partial charge >= 0.3 is 0 Å². The van der Waals surface area contributed by atoms with Crippen LogP contribution in [0.1, 0.15) is 18.6 Å². The highest BCUT2D eigenvalue weighted by Gasteiger charge is 2.26. The van der Waals surface area contributed by atoms with E-state index in [1.807, 2.05) is 0 Å². The topological polar surface area (TPSA) is 71.3 Å². The minimum atomic E-state index is -0.419. The summed E-state index contributed by atoms with van der Waals surface area (Å²) in [6.45, 7) is 0.276. The predicted octanol–water partition coefficient (Wildman–Crippen LogP) is 0.828. The molecular weight excluding hydrogens is 232 g/mol. The Hall–Kier alpha value is -1.49. The van der Waals surface area contributed by atoms with E-state index in [1.54, 1.807) is 12.1 Å². The number of hydrogen-bond acceptors (Lipinski definition) is 3. The molecule has 86 valence electrons. The van der Waals surface area contributed by atoms with E-state index >= 15 is 0 Å². The molecule has 6 heteroatoms. The summed E-state index contributed by atoms with van der Waals surface area (Å²) in [6.07, 6.45) is 0.953. The molecule has 2 N–H and O–H groups in total. The highest BCUT2D eigenvalue weighted by Crippen LogP contribution is 2.13. The molecule has 0 saturated carbocycles. The largest absolute Gasteiger partial charge is 0.448 e. The van der Waals surface area contributed by atoms with Crippen LogP contribution in [-0.2, 0) is 16.1 Å². The second-order valence-electron chi connectivity index (χ2n) is 3.58. The minimum Gasteiger partial charge on any atom is -0.448 e. The van der Waals surface area contributed by atoms with Gasteiger partial charge in [-0.25, -0.2) is 0 Å².